The number of nitrogens with one attached hydrogen (secondary N) is 2. The summed E-state index contributed by atoms with van der Waals surface area (Å²) >= 11 is 0. The quantitative estimate of drug-likeness (QED) is 0.430. The number of hydrogen-bond acceptors (Lipinski definition) is 5. The lowest BCUT2D eigenvalue weighted by Gasteiger charge is -2.14. The van der Waals surface area contributed by atoms with Crippen molar-refractivity contribution in [1.29, 1.82) is 0 Å². The van der Waals surface area contributed by atoms with Crippen molar-refractivity contribution in [1.82, 2.24) is 5.32 Å². The Labute approximate surface area is 191 Å². The van der Waals surface area contributed by atoms with E-state index in [0.717, 1.165) is 16.8 Å². The van der Waals surface area contributed by atoms with Crippen LogP contribution in [0.15, 0.2) is 83.9 Å². The molecule has 0 spiro atoms. The minimum atomic E-state index is -0.545. The number of para-hydroxylation sites is 1. The van der Waals surface area contributed by atoms with Gasteiger partial charge in [0, 0.05) is 11.3 Å². The first-order valence-electron chi connectivity index (χ1n) is 10.6. The zero-order valence-electron chi connectivity index (χ0n) is 18.1. The molecule has 0 aliphatic carbocycles. The summed E-state index contributed by atoms with van der Waals surface area (Å²) in [6.07, 6.45) is 0. The van der Waals surface area contributed by atoms with E-state index in [4.69, 9.17) is 9.73 Å². The van der Waals surface area contributed by atoms with Crippen LogP contribution in [0.5, 0.6) is 0 Å². The van der Waals surface area contributed by atoms with Gasteiger partial charge in [0.05, 0.1) is 18.0 Å². The van der Waals surface area contributed by atoms with Crippen LogP contribution in [0, 0.1) is 0 Å². The molecule has 1 aliphatic heterocycles. The average Bonchev–Trinajstić information content (AvgIpc) is 3.17. The van der Waals surface area contributed by atoms with Crippen LogP contribution in [0.25, 0.3) is 0 Å². The maximum atomic E-state index is 12.9. The first-order valence-corrected chi connectivity index (χ1v) is 10.6. The van der Waals surface area contributed by atoms with E-state index in [2.05, 4.69) is 10.6 Å². The van der Waals surface area contributed by atoms with Gasteiger partial charge >= 0.3 is 5.97 Å². The number of carbonyl (C=O) groups is 3. The SMILES string of the molecule is CCOC(=O)CNC(=O)c1ccc(N=C(c2ccccc2)C2C(=O)Nc3ccccc32)cc1. The molecule has 0 bridgehead atoms. The zero-order valence-corrected chi connectivity index (χ0v) is 18.1. The van der Waals surface area contributed by atoms with Gasteiger partial charge in [-0.3, -0.25) is 19.4 Å². The lowest BCUT2D eigenvalue weighted by molar-refractivity contribution is -0.141. The number of anilines is 1. The normalized spacial score (nSPS) is 14.9. The molecular formula is C26H23N3O4. The van der Waals surface area contributed by atoms with Crippen molar-refractivity contribution in [2.75, 3.05) is 18.5 Å². The van der Waals surface area contributed by atoms with E-state index in [0.29, 0.717) is 17.0 Å². The maximum absolute atomic E-state index is 12.9. The highest BCUT2D eigenvalue weighted by molar-refractivity contribution is 6.24. The number of nitrogens with zero attached hydrogens (tertiary/aromatic N) is 1. The number of hydrogen-bond donors (Lipinski definition) is 2. The number of rotatable bonds is 7. The summed E-state index contributed by atoms with van der Waals surface area (Å²) in [5.74, 6) is -1.55. The van der Waals surface area contributed by atoms with Crippen LogP contribution in [0.2, 0.25) is 0 Å². The van der Waals surface area contributed by atoms with Gasteiger partial charge in [-0.1, -0.05) is 48.5 Å². The third kappa shape index (κ3) is 4.98. The molecule has 0 saturated carbocycles. The van der Waals surface area contributed by atoms with Gasteiger partial charge in [-0.15, -0.1) is 0 Å². The Kier molecular flexibility index (Phi) is 6.59. The van der Waals surface area contributed by atoms with Crippen LogP contribution in [0.1, 0.15) is 34.3 Å². The summed E-state index contributed by atoms with van der Waals surface area (Å²) in [5, 5.41) is 5.46. The molecule has 4 rings (SSSR count). The van der Waals surface area contributed by atoms with Crippen molar-refractivity contribution in [2.24, 2.45) is 4.99 Å². The van der Waals surface area contributed by atoms with Crippen LogP contribution in [-0.4, -0.2) is 36.6 Å². The molecule has 3 aromatic rings. The topological polar surface area (TPSA) is 96.9 Å². The molecule has 0 aromatic heterocycles. The molecular weight excluding hydrogens is 418 g/mol. The van der Waals surface area contributed by atoms with Gasteiger partial charge in [0.15, 0.2) is 0 Å². The zero-order chi connectivity index (χ0) is 23.2. The van der Waals surface area contributed by atoms with Gasteiger partial charge in [0.2, 0.25) is 5.91 Å². The lowest BCUT2D eigenvalue weighted by Crippen LogP contribution is -2.30. The van der Waals surface area contributed by atoms with Gasteiger partial charge in [-0.05, 0) is 48.4 Å². The van der Waals surface area contributed by atoms with E-state index in [1.54, 1.807) is 31.2 Å². The summed E-state index contributed by atoms with van der Waals surface area (Å²) < 4.78 is 4.81. The molecule has 2 amide bonds. The van der Waals surface area contributed by atoms with E-state index >= 15 is 0 Å². The largest absolute Gasteiger partial charge is 0.465 e. The number of aliphatic imine (C=N–C) groups is 1. The Morgan fingerprint density at radius 3 is 2.36 bits per heavy atom. The monoisotopic (exact) mass is 441 g/mol. The molecule has 1 aliphatic rings. The highest BCUT2D eigenvalue weighted by Gasteiger charge is 2.35. The van der Waals surface area contributed by atoms with Crippen molar-refractivity contribution in [3.8, 4) is 0 Å². The summed E-state index contributed by atoms with van der Waals surface area (Å²) in [4.78, 5) is 41.4. The molecule has 3 aromatic carbocycles. The lowest BCUT2D eigenvalue weighted by atomic mass is 9.90. The van der Waals surface area contributed by atoms with Crippen LogP contribution in [0.3, 0.4) is 0 Å². The molecule has 1 unspecified atom stereocenters. The van der Waals surface area contributed by atoms with Crippen molar-refractivity contribution >= 4 is 34.9 Å². The maximum Gasteiger partial charge on any atom is 0.325 e. The highest BCUT2D eigenvalue weighted by Crippen LogP contribution is 2.36. The summed E-state index contributed by atoms with van der Waals surface area (Å²) in [5.41, 5.74) is 4.12. The van der Waals surface area contributed by atoms with Gasteiger partial charge in [-0.2, -0.15) is 0 Å². The number of ether oxygens (including phenoxy) is 1. The second-order valence-corrected chi connectivity index (χ2v) is 7.41. The van der Waals surface area contributed by atoms with Crippen LogP contribution >= 0.6 is 0 Å². The number of fused-ring (bicyclic) bond motifs is 1. The van der Waals surface area contributed by atoms with Crippen molar-refractivity contribution < 1.29 is 19.1 Å². The number of carbonyl (C=O) groups excluding carboxylic acids is 3. The molecule has 0 saturated heterocycles. The standard InChI is InChI=1S/C26H23N3O4/c1-2-33-22(30)16-27-25(31)18-12-14-19(15-13-18)28-24(17-8-4-3-5-9-17)23-20-10-6-7-11-21(20)29-26(23)32/h3-15,23H,2,16H2,1H3,(H,27,31)(H,29,32). The molecule has 7 heteroatoms. The van der Waals surface area contributed by atoms with Gasteiger partial charge in [0.25, 0.3) is 5.91 Å². The third-order valence-electron chi connectivity index (χ3n) is 5.21. The van der Waals surface area contributed by atoms with E-state index < -0.39 is 11.9 Å². The number of benzene rings is 3. The molecule has 0 fully saturated rings. The molecule has 1 atom stereocenters. The first kappa shape index (κ1) is 22.0. The predicted octanol–water partition coefficient (Wildman–Crippen LogP) is 3.84. The molecule has 1 heterocycles. The smallest absolute Gasteiger partial charge is 0.325 e. The Bertz CT molecular complexity index is 1200. The van der Waals surface area contributed by atoms with Gasteiger partial charge in [0.1, 0.15) is 12.5 Å². The summed E-state index contributed by atoms with van der Waals surface area (Å²) in [7, 11) is 0. The second-order valence-electron chi connectivity index (χ2n) is 7.41. The molecule has 7 nitrogen and oxygen atoms in total. The third-order valence-corrected chi connectivity index (χ3v) is 5.21. The van der Waals surface area contributed by atoms with Crippen molar-refractivity contribution in [3.05, 3.63) is 95.6 Å². The Balaban J connectivity index is 1.62. The molecule has 0 radical (unpaired) electrons. The summed E-state index contributed by atoms with van der Waals surface area (Å²) in [6.45, 7) is 1.77. The van der Waals surface area contributed by atoms with Crippen LogP contribution in [0.4, 0.5) is 11.4 Å². The Hall–Kier alpha value is -4.26. The highest BCUT2D eigenvalue weighted by atomic mass is 16.5. The fraction of sp³-hybridized carbons (Fsp3) is 0.154. The van der Waals surface area contributed by atoms with Gasteiger partial charge < -0.3 is 15.4 Å². The Morgan fingerprint density at radius 2 is 1.64 bits per heavy atom. The predicted molar refractivity (Wildman–Crippen MR) is 126 cm³/mol. The fourth-order valence-electron chi connectivity index (χ4n) is 3.68. The molecule has 166 valence electrons. The van der Waals surface area contributed by atoms with E-state index in [1.165, 1.54) is 0 Å². The van der Waals surface area contributed by atoms with Crippen LogP contribution in [-0.2, 0) is 14.3 Å². The van der Waals surface area contributed by atoms with E-state index in [-0.39, 0.29) is 25.0 Å². The second kappa shape index (κ2) is 9.91. The van der Waals surface area contributed by atoms with Crippen molar-refractivity contribution in [3.63, 3.8) is 0 Å². The first-order chi connectivity index (χ1) is 16.1. The fourth-order valence-corrected chi connectivity index (χ4v) is 3.68. The van der Waals surface area contributed by atoms with E-state index in [9.17, 15) is 14.4 Å². The van der Waals surface area contributed by atoms with Crippen LogP contribution < -0.4 is 10.6 Å². The average molecular weight is 441 g/mol. The Morgan fingerprint density at radius 1 is 0.939 bits per heavy atom. The van der Waals surface area contributed by atoms with Gasteiger partial charge in [-0.25, -0.2) is 0 Å². The summed E-state index contributed by atoms with van der Waals surface area (Å²) in [6, 6.07) is 23.8. The minimum absolute atomic E-state index is 0.131. The molecule has 33 heavy (non-hydrogen) atoms. The molecule has 2 N–H and O–H groups in total. The number of amides is 2. The minimum Gasteiger partial charge on any atom is -0.465 e. The van der Waals surface area contributed by atoms with E-state index in [1.807, 2.05) is 54.6 Å². The van der Waals surface area contributed by atoms with Crippen molar-refractivity contribution in [2.45, 2.75) is 12.8 Å². The number of esters is 1.